The van der Waals surface area contributed by atoms with Crippen molar-refractivity contribution in [3.8, 4) is 0 Å². The van der Waals surface area contributed by atoms with Gasteiger partial charge in [-0.15, -0.1) is 0 Å². The number of hydrogen-bond donors (Lipinski definition) is 1. The van der Waals surface area contributed by atoms with E-state index in [1.165, 1.54) is 12.1 Å². The lowest BCUT2D eigenvalue weighted by molar-refractivity contribution is -0.129. The number of benzene rings is 1. The highest BCUT2D eigenvalue weighted by Crippen LogP contribution is 2.25. The molecule has 3 rings (SSSR count). The van der Waals surface area contributed by atoms with E-state index in [1.54, 1.807) is 18.3 Å². The molecular formula is C16H19FN4O. The normalized spacial score (nSPS) is 19.2. The Balaban J connectivity index is 1.89. The van der Waals surface area contributed by atoms with Crippen LogP contribution in [0.15, 0.2) is 36.7 Å². The van der Waals surface area contributed by atoms with Crippen LogP contribution in [0.2, 0.25) is 0 Å². The summed E-state index contributed by atoms with van der Waals surface area (Å²) in [6, 6.07) is 5.76. The summed E-state index contributed by atoms with van der Waals surface area (Å²) < 4.78 is 15.6. The smallest absolute Gasteiger partial charge is 0.242 e. The minimum atomic E-state index is -0.480. The number of piperazine rings is 1. The van der Waals surface area contributed by atoms with Crippen LogP contribution < -0.4 is 5.32 Å². The molecule has 1 saturated heterocycles. The minimum Gasteiger partial charge on any atom is -0.353 e. The fourth-order valence-corrected chi connectivity index (χ4v) is 2.88. The highest BCUT2D eigenvalue weighted by atomic mass is 19.1. The number of amides is 1. The lowest BCUT2D eigenvalue weighted by atomic mass is 10.0. The standard InChI is InChI=1S/C16H19FN4O/c1-2-20-8-6-18-14(20)11-21-9-7-19-16(22)15(21)12-4-3-5-13(17)10-12/h3-6,8,10,15H,2,7,9,11H2,1H3,(H,19,22). The van der Waals surface area contributed by atoms with E-state index in [0.29, 0.717) is 25.2 Å². The molecule has 0 spiro atoms. The average molecular weight is 302 g/mol. The second kappa shape index (κ2) is 6.27. The van der Waals surface area contributed by atoms with Gasteiger partial charge in [-0.25, -0.2) is 9.37 Å². The van der Waals surface area contributed by atoms with Crippen LogP contribution in [-0.2, 0) is 17.9 Å². The number of carbonyl (C=O) groups excluding carboxylic acids is 1. The van der Waals surface area contributed by atoms with Gasteiger partial charge in [0.05, 0.1) is 6.54 Å². The van der Waals surface area contributed by atoms with Crippen molar-refractivity contribution < 1.29 is 9.18 Å². The molecule has 1 amide bonds. The van der Waals surface area contributed by atoms with E-state index in [9.17, 15) is 9.18 Å². The molecule has 2 aromatic rings. The van der Waals surface area contributed by atoms with Crippen molar-refractivity contribution in [2.45, 2.75) is 26.1 Å². The Morgan fingerprint density at radius 1 is 1.45 bits per heavy atom. The Hall–Kier alpha value is -2.21. The third-order valence-electron chi connectivity index (χ3n) is 3.96. The van der Waals surface area contributed by atoms with Crippen LogP contribution >= 0.6 is 0 Å². The van der Waals surface area contributed by atoms with E-state index < -0.39 is 6.04 Å². The molecule has 1 aromatic heterocycles. The second-order valence-electron chi connectivity index (χ2n) is 5.35. The molecule has 116 valence electrons. The van der Waals surface area contributed by atoms with Crippen LogP contribution in [0, 0.1) is 5.82 Å². The molecule has 1 aliphatic rings. The maximum absolute atomic E-state index is 13.5. The van der Waals surface area contributed by atoms with Crippen molar-refractivity contribution >= 4 is 5.91 Å². The molecular weight excluding hydrogens is 283 g/mol. The largest absolute Gasteiger partial charge is 0.353 e. The highest BCUT2D eigenvalue weighted by Gasteiger charge is 2.32. The summed E-state index contributed by atoms with van der Waals surface area (Å²) in [7, 11) is 0. The fourth-order valence-electron chi connectivity index (χ4n) is 2.88. The third-order valence-corrected chi connectivity index (χ3v) is 3.96. The highest BCUT2D eigenvalue weighted by molar-refractivity contribution is 5.83. The quantitative estimate of drug-likeness (QED) is 0.935. The van der Waals surface area contributed by atoms with Gasteiger partial charge in [-0.2, -0.15) is 0 Å². The van der Waals surface area contributed by atoms with Gasteiger partial charge in [0.1, 0.15) is 17.7 Å². The summed E-state index contributed by atoms with van der Waals surface area (Å²) in [5, 5.41) is 2.86. The van der Waals surface area contributed by atoms with Crippen LogP contribution in [0.1, 0.15) is 24.4 Å². The first-order valence-electron chi connectivity index (χ1n) is 7.46. The van der Waals surface area contributed by atoms with Gasteiger partial charge < -0.3 is 9.88 Å². The molecule has 2 heterocycles. The van der Waals surface area contributed by atoms with Gasteiger partial charge in [-0.3, -0.25) is 9.69 Å². The van der Waals surface area contributed by atoms with Gasteiger partial charge in [0.15, 0.2) is 0 Å². The fraction of sp³-hybridized carbons (Fsp3) is 0.375. The summed E-state index contributed by atoms with van der Waals surface area (Å²) in [6.45, 7) is 4.76. The lowest BCUT2D eigenvalue weighted by Crippen LogP contribution is -2.49. The third kappa shape index (κ3) is 2.87. The van der Waals surface area contributed by atoms with Gasteiger partial charge in [-0.1, -0.05) is 12.1 Å². The summed E-state index contributed by atoms with van der Waals surface area (Å²) in [5.41, 5.74) is 0.673. The van der Waals surface area contributed by atoms with Gasteiger partial charge in [-0.05, 0) is 24.6 Å². The molecule has 22 heavy (non-hydrogen) atoms. The van der Waals surface area contributed by atoms with E-state index in [2.05, 4.69) is 21.8 Å². The Kier molecular flexibility index (Phi) is 4.20. The zero-order chi connectivity index (χ0) is 15.5. The molecule has 0 saturated carbocycles. The van der Waals surface area contributed by atoms with E-state index in [-0.39, 0.29) is 11.7 Å². The van der Waals surface area contributed by atoms with Crippen molar-refractivity contribution in [3.05, 3.63) is 53.9 Å². The van der Waals surface area contributed by atoms with E-state index >= 15 is 0 Å². The van der Waals surface area contributed by atoms with Gasteiger partial charge >= 0.3 is 0 Å². The number of aromatic nitrogens is 2. The number of rotatable bonds is 4. The molecule has 6 heteroatoms. The maximum Gasteiger partial charge on any atom is 0.242 e. The summed E-state index contributed by atoms with van der Waals surface area (Å²) in [5.74, 6) is 0.496. The number of nitrogens with zero attached hydrogens (tertiary/aromatic N) is 3. The van der Waals surface area contributed by atoms with Crippen LogP contribution in [0.3, 0.4) is 0 Å². The molecule has 1 atom stereocenters. The lowest BCUT2D eigenvalue weighted by Gasteiger charge is -2.35. The zero-order valence-corrected chi connectivity index (χ0v) is 12.5. The zero-order valence-electron chi connectivity index (χ0n) is 12.5. The molecule has 1 aliphatic heterocycles. The monoisotopic (exact) mass is 302 g/mol. The van der Waals surface area contributed by atoms with Crippen molar-refractivity contribution in [1.82, 2.24) is 19.8 Å². The number of imidazole rings is 1. The number of aryl methyl sites for hydroxylation is 1. The number of carbonyl (C=O) groups is 1. The van der Waals surface area contributed by atoms with Gasteiger partial charge in [0.2, 0.25) is 5.91 Å². The van der Waals surface area contributed by atoms with E-state index in [4.69, 9.17) is 0 Å². The Morgan fingerprint density at radius 2 is 2.32 bits per heavy atom. The molecule has 1 fully saturated rings. The molecule has 0 aliphatic carbocycles. The first-order valence-corrected chi connectivity index (χ1v) is 7.46. The molecule has 1 aromatic carbocycles. The number of halogens is 1. The van der Waals surface area contributed by atoms with Crippen molar-refractivity contribution in [2.75, 3.05) is 13.1 Å². The van der Waals surface area contributed by atoms with Gasteiger partial charge in [0.25, 0.3) is 0 Å². The SMILES string of the molecule is CCn1ccnc1CN1CCNC(=O)C1c1cccc(F)c1. The predicted octanol–water partition coefficient (Wildman–Crippen LogP) is 1.72. The summed E-state index contributed by atoms with van der Waals surface area (Å²) >= 11 is 0. The Labute approximate surface area is 128 Å². The van der Waals surface area contributed by atoms with E-state index in [1.807, 2.05) is 11.1 Å². The Bertz CT molecular complexity index is 670. The van der Waals surface area contributed by atoms with Crippen LogP contribution in [0.4, 0.5) is 4.39 Å². The van der Waals surface area contributed by atoms with Crippen molar-refractivity contribution in [3.63, 3.8) is 0 Å². The maximum atomic E-state index is 13.5. The molecule has 0 bridgehead atoms. The molecule has 1 N–H and O–H groups in total. The first kappa shape index (κ1) is 14.7. The van der Waals surface area contributed by atoms with Gasteiger partial charge in [0, 0.05) is 32.0 Å². The summed E-state index contributed by atoms with van der Waals surface area (Å²) in [6.07, 6.45) is 3.69. The average Bonchev–Trinajstić information content (AvgIpc) is 2.94. The molecule has 5 nitrogen and oxygen atoms in total. The number of hydrogen-bond acceptors (Lipinski definition) is 3. The predicted molar refractivity (Wildman–Crippen MR) is 80.5 cm³/mol. The van der Waals surface area contributed by atoms with Crippen LogP contribution in [0.5, 0.6) is 0 Å². The van der Waals surface area contributed by atoms with E-state index in [0.717, 1.165) is 12.4 Å². The minimum absolute atomic E-state index is 0.0912. The summed E-state index contributed by atoms with van der Waals surface area (Å²) in [4.78, 5) is 18.7. The Morgan fingerprint density at radius 3 is 3.09 bits per heavy atom. The van der Waals surface area contributed by atoms with Crippen LogP contribution in [-0.4, -0.2) is 33.4 Å². The molecule has 1 unspecified atom stereocenters. The van der Waals surface area contributed by atoms with Crippen LogP contribution in [0.25, 0.3) is 0 Å². The van der Waals surface area contributed by atoms with Crippen molar-refractivity contribution in [2.24, 2.45) is 0 Å². The topological polar surface area (TPSA) is 50.2 Å². The number of nitrogens with one attached hydrogen (secondary N) is 1. The van der Waals surface area contributed by atoms with Crippen molar-refractivity contribution in [1.29, 1.82) is 0 Å². The first-order chi connectivity index (χ1) is 10.7. The molecule has 0 radical (unpaired) electrons. The second-order valence-corrected chi connectivity index (χ2v) is 5.35.